The van der Waals surface area contributed by atoms with Crippen LogP contribution in [0.25, 0.3) is 10.2 Å². The monoisotopic (exact) mass is 409 g/mol. The highest BCUT2D eigenvalue weighted by Crippen LogP contribution is 2.34. The third-order valence-corrected chi connectivity index (χ3v) is 5.75. The molecule has 4 nitrogen and oxygen atoms in total. The van der Waals surface area contributed by atoms with E-state index in [2.05, 4.69) is 9.97 Å². The summed E-state index contributed by atoms with van der Waals surface area (Å²) in [4.78, 5) is 23.2. The molecule has 0 bridgehead atoms. The van der Waals surface area contributed by atoms with Crippen molar-refractivity contribution in [3.05, 3.63) is 88.7 Å². The first-order valence-corrected chi connectivity index (χ1v) is 9.78. The maximum atomic E-state index is 14.3. The quantitative estimate of drug-likeness (QED) is 0.451. The number of hydrogen-bond acceptors (Lipinski definition) is 4. The molecule has 0 unspecified atom stereocenters. The van der Waals surface area contributed by atoms with Gasteiger partial charge < -0.3 is 0 Å². The number of fused-ring (bicyclic) bond motifs is 1. The number of thiazole rings is 1. The number of halogens is 2. The van der Waals surface area contributed by atoms with Crippen LogP contribution in [0.15, 0.2) is 54.9 Å². The molecule has 29 heavy (non-hydrogen) atoms. The van der Waals surface area contributed by atoms with Crippen LogP contribution in [0.5, 0.6) is 0 Å². The van der Waals surface area contributed by atoms with Crippen LogP contribution in [0.2, 0.25) is 0 Å². The lowest BCUT2D eigenvalue weighted by Gasteiger charge is -2.20. The molecule has 0 radical (unpaired) electrons. The molecule has 2 aromatic carbocycles. The van der Waals surface area contributed by atoms with Crippen LogP contribution in [0, 0.1) is 25.5 Å². The number of anilines is 1. The molecule has 146 valence electrons. The Morgan fingerprint density at radius 3 is 2.55 bits per heavy atom. The van der Waals surface area contributed by atoms with Crippen LogP contribution in [0.3, 0.4) is 0 Å². The zero-order valence-electron chi connectivity index (χ0n) is 15.8. The number of carbonyl (C=O) groups excluding carboxylic acids is 1. The van der Waals surface area contributed by atoms with Gasteiger partial charge >= 0.3 is 0 Å². The van der Waals surface area contributed by atoms with Crippen LogP contribution in [-0.2, 0) is 6.54 Å². The van der Waals surface area contributed by atoms with E-state index in [1.165, 1.54) is 22.3 Å². The fourth-order valence-corrected chi connectivity index (χ4v) is 4.23. The van der Waals surface area contributed by atoms with E-state index >= 15 is 0 Å². The summed E-state index contributed by atoms with van der Waals surface area (Å²) < 4.78 is 29.6. The van der Waals surface area contributed by atoms with E-state index < -0.39 is 23.1 Å². The summed E-state index contributed by atoms with van der Waals surface area (Å²) in [6, 6.07) is 10.9. The third-order valence-electron chi connectivity index (χ3n) is 4.52. The number of carbonyl (C=O) groups is 1. The van der Waals surface area contributed by atoms with Gasteiger partial charge in [0.15, 0.2) is 5.13 Å². The number of hydrogen-bond donors (Lipinski definition) is 0. The topological polar surface area (TPSA) is 46.1 Å². The van der Waals surface area contributed by atoms with Crippen molar-refractivity contribution in [2.75, 3.05) is 4.90 Å². The maximum Gasteiger partial charge on any atom is 0.266 e. The highest BCUT2D eigenvalue weighted by molar-refractivity contribution is 7.22. The lowest BCUT2D eigenvalue weighted by atomic mass is 10.1. The van der Waals surface area contributed by atoms with Gasteiger partial charge in [-0.05, 0) is 54.8 Å². The second-order valence-corrected chi connectivity index (χ2v) is 7.75. The fraction of sp³-hybridized carbons (Fsp3) is 0.136. The SMILES string of the molecule is Cc1cc(C)c2sc(N(Cc3cccnc3)C(=O)c3c(F)cccc3F)nc2c1. The van der Waals surface area contributed by atoms with Gasteiger partial charge in [-0.1, -0.05) is 29.5 Å². The summed E-state index contributed by atoms with van der Waals surface area (Å²) in [6.45, 7) is 4.04. The van der Waals surface area contributed by atoms with Crippen LogP contribution in [0.1, 0.15) is 27.0 Å². The molecule has 0 fully saturated rings. The van der Waals surface area contributed by atoms with Crippen molar-refractivity contribution in [1.82, 2.24) is 9.97 Å². The van der Waals surface area contributed by atoms with Crippen molar-refractivity contribution in [3.63, 3.8) is 0 Å². The minimum absolute atomic E-state index is 0.0955. The number of nitrogens with zero attached hydrogens (tertiary/aromatic N) is 3. The number of aryl methyl sites for hydroxylation is 2. The molecule has 0 saturated heterocycles. The smallest absolute Gasteiger partial charge is 0.266 e. The van der Waals surface area contributed by atoms with E-state index in [9.17, 15) is 13.6 Å². The molecule has 4 rings (SSSR count). The molecule has 0 aliphatic carbocycles. The van der Waals surface area contributed by atoms with Crippen molar-refractivity contribution >= 4 is 32.6 Å². The highest BCUT2D eigenvalue weighted by Gasteiger charge is 2.27. The Labute approximate surface area is 170 Å². The summed E-state index contributed by atoms with van der Waals surface area (Å²) in [5.74, 6) is -2.59. The Morgan fingerprint density at radius 1 is 1.10 bits per heavy atom. The molecule has 2 aromatic heterocycles. The van der Waals surface area contributed by atoms with Crippen molar-refractivity contribution in [2.24, 2.45) is 0 Å². The third kappa shape index (κ3) is 3.73. The number of amides is 1. The van der Waals surface area contributed by atoms with E-state index in [1.54, 1.807) is 24.5 Å². The Bertz CT molecular complexity index is 1190. The molecule has 4 aromatic rings. The average molecular weight is 409 g/mol. The number of benzene rings is 2. The van der Waals surface area contributed by atoms with E-state index in [-0.39, 0.29) is 6.54 Å². The predicted molar refractivity (Wildman–Crippen MR) is 110 cm³/mol. The van der Waals surface area contributed by atoms with Crippen LogP contribution < -0.4 is 4.90 Å². The Hall–Kier alpha value is -3.19. The Balaban J connectivity index is 1.85. The van der Waals surface area contributed by atoms with Gasteiger partial charge in [-0.2, -0.15) is 0 Å². The van der Waals surface area contributed by atoms with Crippen molar-refractivity contribution in [1.29, 1.82) is 0 Å². The fourth-order valence-electron chi connectivity index (χ4n) is 3.22. The summed E-state index contributed by atoms with van der Waals surface area (Å²) in [6.07, 6.45) is 3.23. The Kier molecular flexibility index (Phi) is 5.07. The molecule has 0 saturated carbocycles. The molecule has 2 heterocycles. The van der Waals surface area contributed by atoms with Crippen molar-refractivity contribution < 1.29 is 13.6 Å². The number of pyridine rings is 1. The maximum absolute atomic E-state index is 14.3. The minimum Gasteiger partial charge on any atom is -0.279 e. The largest absolute Gasteiger partial charge is 0.279 e. The zero-order valence-corrected chi connectivity index (χ0v) is 16.6. The van der Waals surface area contributed by atoms with E-state index in [0.717, 1.165) is 39.0 Å². The summed E-state index contributed by atoms with van der Waals surface area (Å²) >= 11 is 1.32. The van der Waals surface area contributed by atoms with Crippen molar-refractivity contribution in [3.8, 4) is 0 Å². The summed E-state index contributed by atoms with van der Waals surface area (Å²) in [7, 11) is 0. The first kappa shape index (κ1) is 19.1. The van der Waals surface area contributed by atoms with Crippen molar-refractivity contribution in [2.45, 2.75) is 20.4 Å². The minimum atomic E-state index is -0.903. The standard InChI is InChI=1S/C22H17F2N3OS/c1-13-9-14(2)20-18(10-13)26-22(29-20)27(12-15-5-4-8-25-11-15)21(28)19-16(23)6-3-7-17(19)24/h3-11H,12H2,1-2H3. The van der Waals surface area contributed by atoms with Gasteiger partial charge in [-0.25, -0.2) is 13.8 Å². The van der Waals surface area contributed by atoms with Crippen LogP contribution in [0.4, 0.5) is 13.9 Å². The van der Waals surface area contributed by atoms with Gasteiger partial charge in [-0.15, -0.1) is 0 Å². The summed E-state index contributed by atoms with van der Waals surface area (Å²) in [5.41, 5.74) is 2.97. The van der Waals surface area contributed by atoms with Gasteiger partial charge in [0.2, 0.25) is 0 Å². The van der Waals surface area contributed by atoms with E-state index in [1.807, 2.05) is 26.0 Å². The first-order valence-electron chi connectivity index (χ1n) is 8.96. The molecule has 0 spiro atoms. The number of rotatable bonds is 4. The van der Waals surface area contributed by atoms with Gasteiger partial charge in [0.05, 0.1) is 16.8 Å². The molecule has 0 N–H and O–H groups in total. The lowest BCUT2D eigenvalue weighted by molar-refractivity contribution is 0.0977. The van der Waals surface area contributed by atoms with Crippen LogP contribution in [-0.4, -0.2) is 15.9 Å². The molecule has 7 heteroatoms. The molecule has 0 aliphatic heterocycles. The second kappa shape index (κ2) is 7.67. The second-order valence-electron chi connectivity index (χ2n) is 6.78. The highest BCUT2D eigenvalue weighted by atomic mass is 32.1. The van der Waals surface area contributed by atoms with Gasteiger partial charge in [0.1, 0.15) is 17.2 Å². The van der Waals surface area contributed by atoms with Gasteiger partial charge in [0.25, 0.3) is 5.91 Å². The van der Waals surface area contributed by atoms with E-state index in [4.69, 9.17) is 0 Å². The van der Waals surface area contributed by atoms with Gasteiger partial charge in [0, 0.05) is 12.4 Å². The molecule has 0 atom stereocenters. The Morgan fingerprint density at radius 2 is 1.86 bits per heavy atom. The summed E-state index contributed by atoms with van der Waals surface area (Å²) in [5, 5.41) is 0.380. The predicted octanol–water partition coefficient (Wildman–Crippen LogP) is 5.43. The zero-order chi connectivity index (χ0) is 20.5. The molecular weight excluding hydrogens is 392 g/mol. The average Bonchev–Trinajstić information content (AvgIpc) is 3.10. The van der Waals surface area contributed by atoms with Gasteiger partial charge in [-0.3, -0.25) is 14.7 Å². The molecule has 0 aliphatic rings. The molecular formula is C22H17F2N3OS. The van der Waals surface area contributed by atoms with E-state index in [0.29, 0.717) is 5.13 Å². The lowest BCUT2D eigenvalue weighted by Crippen LogP contribution is -2.32. The normalized spacial score (nSPS) is 11.0. The number of aromatic nitrogens is 2. The van der Waals surface area contributed by atoms with Crippen LogP contribution >= 0.6 is 11.3 Å². The first-order chi connectivity index (χ1) is 13.9. The molecule has 1 amide bonds.